The molecule has 0 saturated carbocycles. The van der Waals surface area contributed by atoms with E-state index in [1.54, 1.807) is 0 Å². The maximum atomic E-state index is 3.98. The van der Waals surface area contributed by atoms with E-state index in [4.69, 9.17) is 0 Å². The molecule has 0 aromatic rings. The molecule has 1 atom stereocenters. The second kappa shape index (κ2) is 11.6. The number of allylic oxidation sites excluding steroid dienone is 4. The van der Waals surface area contributed by atoms with Gasteiger partial charge in [0.2, 0.25) is 0 Å². The molecule has 0 amide bonds. The van der Waals surface area contributed by atoms with Crippen LogP contribution < -0.4 is 5.32 Å². The lowest BCUT2D eigenvalue weighted by Crippen LogP contribution is -2.24. The summed E-state index contributed by atoms with van der Waals surface area (Å²) in [6, 6.07) is 0.275. The lowest BCUT2D eigenvalue weighted by molar-refractivity contribution is 0.528. The Morgan fingerprint density at radius 2 is 1.75 bits per heavy atom. The summed E-state index contributed by atoms with van der Waals surface area (Å²) in [5.74, 6) is 0.841. The van der Waals surface area contributed by atoms with Crippen molar-refractivity contribution in [2.24, 2.45) is 5.92 Å². The van der Waals surface area contributed by atoms with Gasteiger partial charge in [-0.05, 0) is 38.7 Å². The highest BCUT2D eigenvalue weighted by Gasteiger charge is 1.99. The van der Waals surface area contributed by atoms with E-state index in [0.29, 0.717) is 0 Å². The third kappa shape index (κ3) is 11.8. The molecule has 1 heteroatoms. The predicted molar refractivity (Wildman–Crippen MR) is 92.8 cm³/mol. The molecular formula is C19H33N. The molecule has 0 bridgehead atoms. The average Bonchev–Trinajstić information content (AvgIpc) is 2.36. The average molecular weight is 275 g/mol. The van der Waals surface area contributed by atoms with Crippen LogP contribution in [0.4, 0.5) is 0 Å². The molecule has 0 aliphatic carbocycles. The van der Waals surface area contributed by atoms with Gasteiger partial charge in [0.05, 0.1) is 0 Å². The molecule has 0 fully saturated rings. The maximum absolute atomic E-state index is 3.98. The lowest BCUT2D eigenvalue weighted by atomic mass is 10.0. The quantitative estimate of drug-likeness (QED) is 0.286. The van der Waals surface area contributed by atoms with Crippen molar-refractivity contribution in [3.05, 3.63) is 48.7 Å². The topological polar surface area (TPSA) is 12.0 Å². The van der Waals surface area contributed by atoms with Crippen molar-refractivity contribution in [3.63, 3.8) is 0 Å². The van der Waals surface area contributed by atoms with Gasteiger partial charge in [-0.2, -0.15) is 0 Å². The van der Waals surface area contributed by atoms with Crippen molar-refractivity contribution in [1.29, 1.82) is 0 Å². The summed E-state index contributed by atoms with van der Waals surface area (Å²) in [5, 5.41) is 3.29. The van der Waals surface area contributed by atoms with Crippen LogP contribution in [0.25, 0.3) is 0 Å². The Hall–Kier alpha value is -1.24. The van der Waals surface area contributed by atoms with Gasteiger partial charge in [0, 0.05) is 11.7 Å². The number of hydrogen-bond donors (Lipinski definition) is 1. The molecule has 0 heterocycles. The fourth-order valence-corrected chi connectivity index (χ4v) is 1.79. The van der Waals surface area contributed by atoms with E-state index in [1.165, 1.54) is 32.1 Å². The molecule has 0 rings (SSSR count). The Morgan fingerprint density at radius 1 is 1.05 bits per heavy atom. The zero-order valence-electron chi connectivity index (χ0n) is 13.9. The van der Waals surface area contributed by atoms with E-state index < -0.39 is 0 Å². The van der Waals surface area contributed by atoms with Crippen molar-refractivity contribution < 1.29 is 0 Å². The van der Waals surface area contributed by atoms with Crippen molar-refractivity contribution in [3.8, 4) is 0 Å². The van der Waals surface area contributed by atoms with Gasteiger partial charge in [0.1, 0.15) is 0 Å². The molecule has 20 heavy (non-hydrogen) atoms. The Bertz CT molecular complexity index is 334. The van der Waals surface area contributed by atoms with Gasteiger partial charge in [0.15, 0.2) is 0 Å². The summed E-state index contributed by atoms with van der Waals surface area (Å²) in [4.78, 5) is 0. The highest BCUT2D eigenvalue weighted by atomic mass is 14.9. The van der Waals surface area contributed by atoms with Crippen LogP contribution >= 0.6 is 0 Å². The number of unbranched alkanes of at least 4 members (excludes halogenated alkanes) is 3. The number of hydrogen-bond acceptors (Lipinski definition) is 1. The van der Waals surface area contributed by atoms with Gasteiger partial charge < -0.3 is 5.32 Å². The summed E-state index contributed by atoms with van der Waals surface area (Å²) >= 11 is 0. The summed E-state index contributed by atoms with van der Waals surface area (Å²) in [6.45, 7) is 16.6. The first-order chi connectivity index (χ1) is 9.43. The van der Waals surface area contributed by atoms with Gasteiger partial charge >= 0.3 is 0 Å². The molecule has 0 aromatic carbocycles. The number of rotatable bonds is 11. The van der Waals surface area contributed by atoms with Crippen molar-refractivity contribution in [2.45, 2.75) is 65.8 Å². The van der Waals surface area contributed by atoms with Crippen molar-refractivity contribution in [1.82, 2.24) is 5.32 Å². The minimum Gasteiger partial charge on any atom is -0.379 e. The first-order valence-corrected chi connectivity index (χ1v) is 7.87. The van der Waals surface area contributed by atoms with Crippen LogP contribution in [-0.4, -0.2) is 6.04 Å². The van der Waals surface area contributed by atoms with Crippen LogP contribution in [-0.2, 0) is 0 Å². The zero-order valence-corrected chi connectivity index (χ0v) is 13.9. The van der Waals surface area contributed by atoms with Gasteiger partial charge in [-0.15, -0.1) is 0 Å². The molecule has 0 radical (unpaired) electrons. The van der Waals surface area contributed by atoms with Crippen LogP contribution in [0.1, 0.15) is 59.8 Å². The van der Waals surface area contributed by atoms with Gasteiger partial charge in [-0.25, -0.2) is 0 Å². The Morgan fingerprint density at radius 3 is 2.35 bits per heavy atom. The van der Waals surface area contributed by atoms with E-state index in [0.717, 1.165) is 17.2 Å². The van der Waals surface area contributed by atoms with Crippen molar-refractivity contribution >= 4 is 0 Å². The summed E-state index contributed by atoms with van der Waals surface area (Å²) in [6.07, 6.45) is 14.9. The third-order valence-electron chi connectivity index (χ3n) is 3.34. The largest absolute Gasteiger partial charge is 0.379 e. The smallest absolute Gasteiger partial charge is 0.0439 e. The van der Waals surface area contributed by atoms with Crippen LogP contribution in [0.2, 0.25) is 0 Å². The maximum Gasteiger partial charge on any atom is 0.0439 e. The molecule has 0 aliphatic rings. The molecule has 114 valence electrons. The van der Waals surface area contributed by atoms with Gasteiger partial charge in [0.25, 0.3) is 0 Å². The molecule has 0 spiro atoms. The van der Waals surface area contributed by atoms with Crippen LogP contribution in [0.3, 0.4) is 0 Å². The summed E-state index contributed by atoms with van der Waals surface area (Å²) in [7, 11) is 0. The second-order valence-electron chi connectivity index (χ2n) is 6.06. The monoisotopic (exact) mass is 275 g/mol. The van der Waals surface area contributed by atoms with Gasteiger partial charge in [-0.1, -0.05) is 70.1 Å². The molecule has 1 unspecified atom stereocenters. The van der Waals surface area contributed by atoms with Crippen LogP contribution in [0, 0.1) is 5.92 Å². The molecule has 0 aliphatic heterocycles. The highest BCUT2D eigenvalue weighted by molar-refractivity contribution is 5.20. The molecule has 0 aromatic heterocycles. The molecule has 1 nitrogen and oxygen atoms in total. The second-order valence-corrected chi connectivity index (χ2v) is 6.06. The minimum absolute atomic E-state index is 0.275. The molecule has 1 N–H and O–H groups in total. The van der Waals surface area contributed by atoms with E-state index in [9.17, 15) is 0 Å². The summed E-state index contributed by atoms with van der Waals surface area (Å²) in [5.41, 5.74) is 2.05. The van der Waals surface area contributed by atoms with E-state index in [-0.39, 0.29) is 6.04 Å². The number of nitrogens with one attached hydrogen (secondary N) is 1. The van der Waals surface area contributed by atoms with Crippen molar-refractivity contribution in [2.75, 3.05) is 0 Å². The normalized spacial score (nSPS) is 13.2. The Labute approximate surface area is 126 Å². The van der Waals surface area contributed by atoms with E-state index >= 15 is 0 Å². The fourth-order valence-electron chi connectivity index (χ4n) is 1.79. The van der Waals surface area contributed by atoms with E-state index in [1.807, 2.05) is 13.0 Å². The fraction of sp³-hybridized carbons (Fsp3) is 0.579. The summed E-state index contributed by atoms with van der Waals surface area (Å²) < 4.78 is 0. The Kier molecular flexibility index (Phi) is 10.9. The zero-order chi connectivity index (χ0) is 15.4. The molecule has 0 saturated heterocycles. The van der Waals surface area contributed by atoms with E-state index in [2.05, 4.69) is 57.5 Å². The lowest BCUT2D eigenvalue weighted by Gasteiger charge is -2.14. The predicted octanol–water partition coefficient (Wildman–Crippen LogP) is 5.77. The third-order valence-corrected chi connectivity index (χ3v) is 3.34. The minimum atomic E-state index is 0.275. The van der Waals surface area contributed by atoms with Crippen LogP contribution in [0.5, 0.6) is 0 Å². The first kappa shape index (κ1) is 18.8. The SMILES string of the molecule is C=C(/C=C/C=C/CCCCCC(C)C)NC(C)C(=C)C. The van der Waals surface area contributed by atoms with Gasteiger partial charge in [-0.3, -0.25) is 0 Å². The molecular weight excluding hydrogens is 242 g/mol. The highest BCUT2D eigenvalue weighted by Crippen LogP contribution is 2.09. The first-order valence-electron chi connectivity index (χ1n) is 7.87. The Balaban J connectivity index is 3.65. The van der Waals surface area contributed by atoms with Crippen LogP contribution in [0.15, 0.2) is 48.7 Å². The standard InChI is InChI=1S/C19H33N/c1-16(2)14-12-10-8-7-9-11-13-15-18(5)20-19(6)17(3)4/h9,11,13,15-16,19-20H,3,5,7-8,10,12,14H2,1-2,4,6H3/b11-9+,15-13+.